The number of nitrogens with zero attached hydrogens (tertiary/aromatic N) is 1. The molecule has 2 heteroatoms. The number of hydrogen-bond acceptors (Lipinski definition) is 2. The van der Waals surface area contributed by atoms with E-state index < -0.39 is 0 Å². The molecule has 1 unspecified atom stereocenters. The summed E-state index contributed by atoms with van der Waals surface area (Å²) in [5.74, 6) is 1.57. The van der Waals surface area contributed by atoms with Crippen LogP contribution in [0, 0.1) is 11.8 Å². The zero-order valence-electron chi connectivity index (χ0n) is 9.03. The fourth-order valence-electron chi connectivity index (χ4n) is 2.91. The largest absolute Gasteiger partial charge is 0.327 e. The topological polar surface area (TPSA) is 29.3 Å². The lowest BCUT2D eigenvalue weighted by Gasteiger charge is -2.36. The van der Waals surface area contributed by atoms with Crippen molar-refractivity contribution in [2.45, 2.75) is 51.7 Å². The number of likely N-dealkylation sites (tertiary alicyclic amines) is 1. The molecule has 2 aliphatic rings. The van der Waals surface area contributed by atoms with Crippen LogP contribution in [0.25, 0.3) is 0 Å². The van der Waals surface area contributed by atoms with Crippen LogP contribution in [-0.4, -0.2) is 29.6 Å². The Morgan fingerprint density at radius 1 is 1.23 bits per heavy atom. The normalized spacial score (nSPS) is 41.8. The Hall–Kier alpha value is -0.0800. The van der Waals surface area contributed by atoms with Gasteiger partial charge in [-0.2, -0.15) is 0 Å². The van der Waals surface area contributed by atoms with Crippen molar-refractivity contribution in [3.05, 3.63) is 0 Å². The summed E-state index contributed by atoms with van der Waals surface area (Å²) in [4.78, 5) is 2.68. The highest BCUT2D eigenvalue weighted by molar-refractivity contribution is 5.01. The lowest BCUT2D eigenvalue weighted by atomic mass is 9.99. The molecule has 76 valence electrons. The monoisotopic (exact) mass is 182 g/mol. The predicted molar refractivity (Wildman–Crippen MR) is 55.5 cm³/mol. The highest BCUT2D eigenvalue weighted by atomic mass is 15.2. The molecule has 1 saturated heterocycles. The number of piperidine rings is 1. The van der Waals surface area contributed by atoms with Crippen molar-refractivity contribution in [2.24, 2.45) is 17.6 Å². The van der Waals surface area contributed by atoms with Crippen LogP contribution in [0.15, 0.2) is 0 Å². The van der Waals surface area contributed by atoms with Crippen LogP contribution >= 0.6 is 0 Å². The molecule has 1 aliphatic heterocycles. The summed E-state index contributed by atoms with van der Waals surface area (Å²) in [6, 6.07) is 2.04. The van der Waals surface area contributed by atoms with Crippen molar-refractivity contribution in [3.63, 3.8) is 0 Å². The van der Waals surface area contributed by atoms with Gasteiger partial charge in [-0.05, 0) is 31.6 Å². The van der Waals surface area contributed by atoms with Crippen molar-refractivity contribution in [1.82, 2.24) is 4.90 Å². The standard InChI is InChI=1S/C11H22N2/c1-7(2)8(3)13-6-9-4-10(13)5-11(9)12/h7-11H,4-6,12H2,1-3H3/t8?,9-,10-,11-/m1/s1. The van der Waals surface area contributed by atoms with E-state index in [1.54, 1.807) is 0 Å². The zero-order chi connectivity index (χ0) is 9.59. The van der Waals surface area contributed by atoms with E-state index in [0.29, 0.717) is 6.04 Å². The maximum atomic E-state index is 6.03. The average Bonchev–Trinajstić information content (AvgIpc) is 2.60. The van der Waals surface area contributed by atoms with Crippen LogP contribution in [0.4, 0.5) is 0 Å². The minimum absolute atomic E-state index is 0.501. The van der Waals surface area contributed by atoms with Gasteiger partial charge >= 0.3 is 0 Å². The lowest BCUT2D eigenvalue weighted by Crippen LogP contribution is -2.46. The molecule has 13 heavy (non-hydrogen) atoms. The van der Waals surface area contributed by atoms with Gasteiger partial charge < -0.3 is 5.73 Å². The molecule has 0 amide bonds. The molecule has 0 radical (unpaired) electrons. The van der Waals surface area contributed by atoms with E-state index in [4.69, 9.17) is 5.73 Å². The Morgan fingerprint density at radius 2 is 1.92 bits per heavy atom. The summed E-state index contributed by atoms with van der Waals surface area (Å²) in [5.41, 5.74) is 6.03. The fourth-order valence-corrected chi connectivity index (χ4v) is 2.91. The first kappa shape index (κ1) is 9.47. The first-order valence-electron chi connectivity index (χ1n) is 5.61. The van der Waals surface area contributed by atoms with Gasteiger partial charge in [0, 0.05) is 24.7 Å². The lowest BCUT2D eigenvalue weighted by molar-refractivity contribution is 0.120. The summed E-state index contributed by atoms with van der Waals surface area (Å²) in [6.45, 7) is 8.25. The van der Waals surface area contributed by atoms with Gasteiger partial charge in [-0.25, -0.2) is 0 Å². The van der Waals surface area contributed by atoms with Gasteiger partial charge in [0.15, 0.2) is 0 Å². The van der Waals surface area contributed by atoms with Gasteiger partial charge in [-0.15, -0.1) is 0 Å². The third-order valence-electron chi connectivity index (χ3n) is 4.13. The van der Waals surface area contributed by atoms with E-state index in [-0.39, 0.29) is 0 Å². The number of rotatable bonds is 2. The van der Waals surface area contributed by atoms with Crippen molar-refractivity contribution >= 4 is 0 Å². The molecule has 0 aromatic carbocycles. The van der Waals surface area contributed by atoms with Crippen LogP contribution < -0.4 is 5.73 Å². The van der Waals surface area contributed by atoms with Crippen LogP contribution in [0.2, 0.25) is 0 Å². The van der Waals surface area contributed by atoms with Crippen LogP contribution in [0.3, 0.4) is 0 Å². The highest BCUT2D eigenvalue weighted by Crippen LogP contribution is 2.38. The summed E-state index contributed by atoms with van der Waals surface area (Å²) >= 11 is 0. The Kier molecular flexibility index (Phi) is 2.37. The van der Waals surface area contributed by atoms with E-state index >= 15 is 0 Å². The van der Waals surface area contributed by atoms with Gasteiger partial charge in [-0.3, -0.25) is 4.90 Å². The molecule has 2 nitrogen and oxygen atoms in total. The van der Waals surface area contributed by atoms with Crippen molar-refractivity contribution in [2.75, 3.05) is 6.54 Å². The van der Waals surface area contributed by atoms with Gasteiger partial charge in [0.25, 0.3) is 0 Å². The number of nitrogens with two attached hydrogens (primary N) is 1. The second-order valence-corrected chi connectivity index (χ2v) is 5.23. The van der Waals surface area contributed by atoms with Crippen molar-refractivity contribution in [3.8, 4) is 0 Å². The highest BCUT2D eigenvalue weighted by Gasteiger charge is 2.44. The van der Waals surface area contributed by atoms with Crippen molar-refractivity contribution < 1.29 is 0 Å². The SMILES string of the molecule is CC(C)C(C)N1C[C@H]2C[C@@H]1C[C@H]2N. The zero-order valence-corrected chi connectivity index (χ0v) is 9.03. The molecule has 0 aromatic heterocycles. The molecule has 0 spiro atoms. The Morgan fingerprint density at radius 3 is 2.31 bits per heavy atom. The summed E-state index contributed by atoms with van der Waals surface area (Å²) in [5, 5.41) is 0. The van der Waals surface area contributed by atoms with Crippen LogP contribution in [0.5, 0.6) is 0 Å². The number of fused-ring (bicyclic) bond motifs is 2. The van der Waals surface area contributed by atoms with Gasteiger partial charge in [0.2, 0.25) is 0 Å². The molecule has 1 saturated carbocycles. The van der Waals surface area contributed by atoms with E-state index in [9.17, 15) is 0 Å². The Balaban J connectivity index is 1.98. The second-order valence-electron chi connectivity index (χ2n) is 5.23. The van der Waals surface area contributed by atoms with Gasteiger partial charge in [0.1, 0.15) is 0 Å². The third-order valence-corrected chi connectivity index (χ3v) is 4.13. The van der Waals surface area contributed by atoms with Crippen LogP contribution in [-0.2, 0) is 0 Å². The maximum absolute atomic E-state index is 6.03. The van der Waals surface area contributed by atoms with E-state index in [1.165, 1.54) is 19.4 Å². The summed E-state index contributed by atoms with van der Waals surface area (Å²) in [7, 11) is 0. The maximum Gasteiger partial charge on any atom is 0.0117 e. The van der Waals surface area contributed by atoms with E-state index in [0.717, 1.165) is 23.9 Å². The van der Waals surface area contributed by atoms with E-state index in [2.05, 4.69) is 25.7 Å². The molecule has 1 heterocycles. The molecule has 2 rings (SSSR count). The Labute approximate surface area is 81.5 Å². The molecular formula is C11H22N2. The van der Waals surface area contributed by atoms with Crippen LogP contribution in [0.1, 0.15) is 33.6 Å². The minimum Gasteiger partial charge on any atom is -0.327 e. The molecule has 2 N–H and O–H groups in total. The van der Waals surface area contributed by atoms with Gasteiger partial charge in [-0.1, -0.05) is 13.8 Å². The molecule has 2 fully saturated rings. The average molecular weight is 182 g/mol. The molecule has 2 bridgehead atoms. The molecule has 1 aliphatic carbocycles. The predicted octanol–water partition coefficient (Wildman–Crippen LogP) is 1.45. The van der Waals surface area contributed by atoms with Crippen molar-refractivity contribution in [1.29, 1.82) is 0 Å². The molecule has 4 atom stereocenters. The summed E-state index contributed by atoms with van der Waals surface area (Å²) in [6.07, 6.45) is 2.60. The second kappa shape index (κ2) is 3.25. The molecule has 0 aromatic rings. The first-order valence-corrected chi connectivity index (χ1v) is 5.61. The number of hydrogen-bond donors (Lipinski definition) is 1. The third kappa shape index (κ3) is 1.50. The Bertz CT molecular complexity index is 189. The fraction of sp³-hybridized carbons (Fsp3) is 1.00. The first-order chi connectivity index (χ1) is 6.09. The smallest absolute Gasteiger partial charge is 0.0117 e. The van der Waals surface area contributed by atoms with E-state index in [1.807, 2.05) is 0 Å². The minimum atomic E-state index is 0.501. The quantitative estimate of drug-likeness (QED) is 0.700. The molecular weight excluding hydrogens is 160 g/mol. The van der Waals surface area contributed by atoms with Gasteiger partial charge in [0.05, 0.1) is 0 Å². The summed E-state index contributed by atoms with van der Waals surface area (Å²) < 4.78 is 0.